The molecular weight excluding hydrogens is 506 g/mol. The number of morpholine rings is 1. The van der Waals surface area contributed by atoms with Crippen molar-refractivity contribution in [2.75, 3.05) is 65.7 Å². The Labute approximate surface area is 230 Å². The van der Waals surface area contributed by atoms with E-state index in [0.29, 0.717) is 52.2 Å². The molecule has 0 aromatic rings. The van der Waals surface area contributed by atoms with Crippen LogP contribution < -0.4 is 0 Å². The lowest BCUT2D eigenvalue weighted by atomic mass is 9.66. The van der Waals surface area contributed by atoms with Crippen molar-refractivity contribution in [3.8, 4) is 0 Å². The molecule has 2 unspecified atom stereocenters. The molecule has 4 rings (SSSR count). The number of amides is 2. The molecule has 4 fully saturated rings. The number of hydrogen-bond donors (Lipinski definition) is 1. The van der Waals surface area contributed by atoms with Crippen molar-refractivity contribution in [3.05, 3.63) is 25.3 Å². The Hall–Kier alpha value is -1.88. The van der Waals surface area contributed by atoms with Crippen LogP contribution >= 0.6 is 11.8 Å². The molecule has 2 amide bonds. The summed E-state index contributed by atoms with van der Waals surface area (Å²) >= 11 is 1.65. The van der Waals surface area contributed by atoms with Crippen molar-refractivity contribution in [1.29, 1.82) is 0 Å². The fourth-order valence-electron chi connectivity index (χ4n) is 6.74. The van der Waals surface area contributed by atoms with E-state index in [1.54, 1.807) is 33.7 Å². The third-order valence-electron chi connectivity index (χ3n) is 8.57. The molecule has 0 saturated carbocycles. The van der Waals surface area contributed by atoms with Crippen molar-refractivity contribution < 1.29 is 29.0 Å². The summed E-state index contributed by atoms with van der Waals surface area (Å²) in [5.41, 5.74) is 0. The van der Waals surface area contributed by atoms with Gasteiger partial charge >= 0.3 is 5.97 Å². The lowest BCUT2D eigenvalue weighted by Crippen LogP contribution is -2.56. The van der Waals surface area contributed by atoms with Gasteiger partial charge in [0.2, 0.25) is 11.8 Å². The van der Waals surface area contributed by atoms with Gasteiger partial charge in [0.25, 0.3) is 0 Å². The Kier molecular flexibility index (Phi) is 9.60. The lowest BCUT2D eigenvalue weighted by molar-refractivity contribution is -0.155. The fraction of sp³-hybridized carbons (Fsp3) is 0.750. The second kappa shape index (κ2) is 12.5. The van der Waals surface area contributed by atoms with E-state index in [9.17, 15) is 19.5 Å². The molecule has 10 heteroatoms. The molecule has 1 spiro atoms. The van der Waals surface area contributed by atoms with E-state index in [1.165, 1.54) is 0 Å². The molecule has 212 valence electrons. The number of esters is 1. The van der Waals surface area contributed by atoms with Gasteiger partial charge in [0, 0.05) is 50.6 Å². The van der Waals surface area contributed by atoms with Gasteiger partial charge in [0.05, 0.1) is 36.4 Å². The molecule has 4 aliphatic rings. The molecule has 0 aliphatic carbocycles. The molecule has 0 radical (unpaired) electrons. The number of hydrogen-bond acceptors (Lipinski definition) is 8. The van der Waals surface area contributed by atoms with E-state index in [0.717, 1.165) is 32.5 Å². The molecule has 38 heavy (non-hydrogen) atoms. The standard InChI is InChI=1S/C28H43N3O6S/c1-4-6-7-18-37-26(35)22-21-24(33)31(12-8-17-32)23(28(21)10-9-27(22,3)38-28)25(34)30(11-5-2)14-13-29-15-19-36-20-16-29/h4-5,21-23,32H,1-2,6-20H2,3H3/t21-,22-,23?,27+,28?/m0/s1. The zero-order valence-corrected chi connectivity index (χ0v) is 23.5. The number of allylic oxidation sites excluding steroid dienone is 1. The average Bonchev–Trinajstić information content (AvgIpc) is 3.48. The number of rotatable bonds is 14. The lowest BCUT2D eigenvalue weighted by Gasteiger charge is -2.38. The van der Waals surface area contributed by atoms with E-state index in [1.807, 2.05) is 6.92 Å². The first-order valence-corrected chi connectivity index (χ1v) is 14.7. The van der Waals surface area contributed by atoms with Gasteiger partial charge < -0.3 is 24.4 Å². The monoisotopic (exact) mass is 549 g/mol. The van der Waals surface area contributed by atoms with E-state index < -0.39 is 27.4 Å². The number of aliphatic hydroxyl groups is 1. The first kappa shape index (κ1) is 29.1. The Morgan fingerprint density at radius 2 is 1.97 bits per heavy atom. The predicted molar refractivity (Wildman–Crippen MR) is 147 cm³/mol. The molecular formula is C28H43N3O6S. The summed E-state index contributed by atoms with van der Waals surface area (Å²) in [6.45, 7) is 14.8. The van der Waals surface area contributed by atoms with Crippen molar-refractivity contribution >= 4 is 29.5 Å². The summed E-state index contributed by atoms with van der Waals surface area (Å²) in [4.78, 5) is 47.5. The third kappa shape index (κ3) is 5.42. The minimum atomic E-state index is -0.679. The van der Waals surface area contributed by atoms with Gasteiger partial charge in [0.15, 0.2) is 0 Å². The Balaban J connectivity index is 1.60. The van der Waals surface area contributed by atoms with Gasteiger partial charge in [-0.3, -0.25) is 19.3 Å². The second-order valence-electron chi connectivity index (χ2n) is 11.0. The van der Waals surface area contributed by atoms with Crippen LogP contribution in [0.3, 0.4) is 0 Å². The largest absolute Gasteiger partial charge is 0.465 e. The van der Waals surface area contributed by atoms with Gasteiger partial charge in [-0.05, 0) is 39.0 Å². The molecule has 9 nitrogen and oxygen atoms in total. The van der Waals surface area contributed by atoms with Crippen molar-refractivity contribution in [2.24, 2.45) is 11.8 Å². The highest BCUT2D eigenvalue weighted by atomic mass is 32.2. The Bertz CT molecular complexity index is 911. The van der Waals surface area contributed by atoms with Crippen LogP contribution in [0, 0.1) is 11.8 Å². The van der Waals surface area contributed by atoms with Crippen molar-refractivity contribution in [2.45, 2.75) is 54.6 Å². The predicted octanol–water partition coefficient (Wildman–Crippen LogP) is 1.71. The van der Waals surface area contributed by atoms with Gasteiger partial charge in [-0.15, -0.1) is 24.9 Å². The van der Waals surface area contributed by atoms with Gasteiger partial charge in [-0.1, -0.05) is 12.2 Å². The summed E-state index contributed by atoms with van der Waals surface area (Å²) in [5, 5.41) is 9.57. The summed E-state index contributed by atoms with van der Waals surface area (Å²) < 4.78 is 9.99. The van der Waals surface area contributed by atoms with E-state index in [-0.39, 0.29) is 30.9 Å². The van der Waals surface area contributed by atoms with Crippen LogP contribution in [0.1, 0.15) is 39.0 Å². The minimum Gasteiger partial charge on any atom is -0.465 e. The number of carbonyl (C=O) groups excluding carboxylic acids is 3. The molecule has 5 atom stereocenters. The number of fused-ring (bicyclic) bond motifs is 1. The van der Waals surface area contributed by atoms with Crippen LogP contribution in [-0.4, -0.2) is 119 Å². The summed E-state index contributed by atoms with van der Waals surface area (Å²) in [6, 6.07) is -0.679. The van der Waals surface area contributed by atoms with E-state index in [2.05, 4.69) is 18.1 Å². The quantitative estimate of drug-likeness (QED) is 0.199. The smallest absolute Gasteiger partial charge is 0.311 e. The van der Waals surface area contributed by atoms with Crippen LogP contribution in [0.25, 0.3) is 0 Å². The number of aliphatic hydroxyl groups excluding tert-OH is 1. The fourth-order valence-corrected chi connectivity index (χ4v) is 9.08. The van der Waals surface area contributed by atoms with E-state index in [4.69, 9.17) is 9.47 Å². The van der Waals surface area contributed by atoms with E-state index >= 15 is 0 Å². The van der Waals surface area contributed by atoms with Crippen LogP contribution in [0.2, 0.25) is 0 Å². The van der Waals surface area contributed by atoms with Crippen LogP contribution in [0.15, 0.2) is 25.3 Å². The highest BCUT2D eigenvalue weighted by Crippen LogP contribution is 2.71. The zero-order valence-electron chi connectivity index (χ0n) is 22.6. The molecule has 0 aromatic carbocycles. The molecule has 4 aliphatic heterocycles. The van der Waals surface area contributed by atoms with Crippen LogP contribution in [-0.2, 0) is 23.9 Å². The minimum absolute atomic E-state index is 0.0740. The maximum atomic E-state index is 14.3. The van der Waals surface area contributed by atoms with Crippen molar-refractivity contribution in [1.82, 2.24) is 14.7 Å². The van der Waals surface area contributed by atoms with Crippen LogP contribution in [0.4, 0.5) is 0 Å². The first-order chi connectivity index (χ1) is 18.3. The maximum absolute atomic E-state index is 14.3. The molecule has 4 heterocycles. The average molecular weight is 550 g/mol. The van der Waals surface area contributed by atoms with Gasteiger partial charge in [0.1, 0.15) is 6.04 Å². The first-order valence-electron chi connectivity index (χ1n) is 13.9. The summed E-state index contributed by atoms with van der Waals surface area (Å²) in [5.74, 6) is -1.78. The summed E-state index contributed by atoms with van der Waals surface area (Å²) in [7, 11) is 0. The topological polar surface area (TPSA) is 99.6 Å². The Morgan fingerprint density at radius 3 is 2.66 bits per heavy atom. The maximum Gasteiger partial charge on any atom is 0.311 e. The molecule has 4 saturated heterocycles. The third-order valence-corrected chi connectivity index (χ3v) is 10.6. The van der Waals surface area contributed by atoms with Crippen LogP contribution in [0.5, 0.6) is 0 Å². The summed E-state index contributed by atoms with van der Waals surface area (Å²) in [6.07, 6.45) is 6.80. The number of thioether (sulfide) groups is 1. The molecule has 1 N–H and O–H groups in total. The molecule has 0 aromatic heterocycles. The molecule has 2 bridgehead atoms. The van der Waals surface area contributed by atoms with Gasteiger partial charge in [-0.2, -0.15) is 0 Å². The number of ether oxygens (including phenoxy) is 2. The highest BCUT2D eigenvalue weighted by molar-refractivity contribution is 8.02. The second-order valence-corrected chi connectivity index (χ2v) is 12.9. The van der Waals surface area contributed by atoms with Crippen molar-refractivity contribution in [3.63, 3.8) is 0 Å². The zero-order chi connectivity index (χ0) is 27.3. The van der Waals surface area contributed by atoms with Gasteiger partial charge in [-0.25, -0.2) is 0 Å². The number of unbranched alkanes of at least 4 members (excludes halogenated alkanes) is 1. The number of nitrogens with zero attached hydrogens (tertiary/aromatic N) is 3. The number of carbonyl (C=O) groups is 3. The Morgan fingerprint density at radius 1 is 1.21 bits per heavy atom. The highest BCUT2D eigenvalue weighted by Gasteiger charge is 2.77. The SMILES string of the molecule is C=CCCCOC(=O)[C@@H]1[C@H]2C(=O)N(CCCO)C(C(=O)N(CC=C)CCN3CCOCC3)C23CC[C@@]1(C)S3. The number of likely N-dealkylation sites (tertiary alicyclic amines) is 1. The normalized spacial score (nSPS) is 32.3.